The van der Waals surface area contributed by atoms with Crippen molar-refractivity contribution in [1.82, 2.24) is 31.3 Å². The van der Waals surface area contributed by atoms with Gasteiger partial charge < -0.3 is 37.0 Å². The van der Waals surface area contributed by atoms with E-state index in [1.165, 1.54) is 28.4 Å². The third-order valence-electron chi connectivity index (χ3n) is 14.0. The highest BCUT2D eigenvalue weighted by atomic mass is 127. The number of hydrogen-bond acceptors (Lipinski definition) is 11. The van der Waals surface area contributed by atoms with Crippen molar-refractivity contribution < 1.29 is 51.5 Å². The fraction of sp³-hybridized carbons (Fsp3) is 0.527. The van der Waals surface area contributed by atoms with Gasteiger partial charge in [-0.1, -0.05) is 90.0 Å². The van der Waals surface area contributed by atoms with E-state index in [-0.39, 0.29) is 56.0 Å². The molecule has 1 aromatic heterocycles. The van der Waals surface area contributed by atoms with Crippen molar-refractivity contribution in [2.45, 2.75) is 147 Å². The number of β-amino-alcohol motifs (C(OH)–C–C–N with tert-alkyl or cyclic N) is 1. The molecule has 6 rings (SSSR count). The number of alkyl halides is 1. The first-order valence-corrected chi connectivity index (χ1v) is 28.0. The lowest BCUT2D eigenvalue weighted by atomic mass is 9.73. The first-order chi connectivity index (χ1) is 36.2. The molecule has 1 aliphatic heterocycles. The van der Waals surface area contributed by atoms with E-state index in [1.807, 2.05) is 41.6 Å². The predicted molar refractivity (Wildman–Crippen MR) is 293 cm³/mol. The van der Waals surface area contributed by atoms with Crippen LogP contribution < -0.4 is 32.5 Å². The molecule has 2 fully saturated rings. The summed E-state index contributed by atoms with van der Waals surface area (Å²) in [5, 5.41) is 22.7. The Morgan fingerprint density at radius 2 is 1.54 bits per heavy atom. The molecule has 414 valence electrons. The molecule has 3 unspecified atom stereocenters. The van der Waals surface area contributed by atoms with Gasteiger partial charge in [0.15, 0.2) is 17.3 Å². The van der Waals surface area contributed by atoms with Gasteiger partial charge in [-0.05, 0) is 122 Å². The number of aliphatic hydroxyl groups excluding tert-OH is 1. The number of aliphatic hydroxyl groups is 1. The molecular weight excluding hydrogens is 1120 g/mol. The average Bonchev–Trinajstić information content (AvgIpc) is 3.82. The molecule has 21 heteroatoms. The quantitative estimate of drug-likeness (QED) is 0.0118. The van der Waals surface area contributed by atoms with E-state index >= 15 is 0 Å². The molecule has 0 bridgehead atoms. The van der Waals surface area contributed by atoms with E-state index in [9.17, 15) is 46.6 Å². The zero-order chi connectivity index (χ0) is 55.2. The van der Waals surface area contributed by atoms with Gasteiger partial charge in [-0.15, -0.1) is 11.3 Å². The minimum Gasteiger partial charge on any atom is -0.391 e. The molecule has 1 aliphatic carbocycles. The lowest BCUT2D eigenvalue weighted by molar-refractivity contribution is -0.151. The molecular formula is C55H71F4IN8O7S. The van der Waals surface area contributed by atoms with E-state index in [4.69, 9.17) is 10.6 Å². The van der Waals surface area contributed by atoms with Crippen LogP contribution in [0.15, 0.2) is 60.1 Å². The van der Waals surface area contributed by atoms with Gasteiger partial charge in [-0.3, -0.25) is 28.8 Å². The van der Waals surface area contributed by atoms with Crippen molar-refractivity contribution in [2.24, 2.45) is 11.1 Å². The van der Waals surface area contributed by atoms with Crippen molar-refractivity contribution >= 4 is 74.8 Å². The van der Waals surface area contributed by atoms with E-state index in [0.29, 0.717) is 28.6 Å². The number of nitrogens with one attached hydrogen (secondary N) is 5. The van der Waals surface area contributed by atoms with Gasteiger partial charge in [0.2, 0.25) is 17.7 Å². The van der Waals surface area contributed by atoms with Crippen LogP contribution in [-0.4, -0.2) is 101 Å². The van der Waals surface area contributed by atoms with Crippen LogP contribution in [0.25, 0.3) is 10.4 Å². The summed E-state index contributed by atoms with van der Waals surface area (Å²) in [6.07, 6.45) is 8.04. The van der Waals surface area contributed by atoms with Crippen LogP contribution >= 0.6 is 33.9 Å². The van der Waals surface area contributed by atoms with Gasteiger partial charge in [0.05, 0.1) is 45.7 Å². The van der Waals surface area contributed by atoms with Crippen molar-refractivity contribution in [3.8, 4) is 10.4 Å². The molecule has 15 nitrogen and oxygen atoms in total. The Hall–Kier alpha value is -5.23. The van der Waals surface area contributed by atoms with Gasteiger partial charge in [0.1, 0.15) is 17.4 Å². The molecule has 8 N–H and O–H groups in total. The van der Waals surface area contributed by atoms with E-state index < -0.39 is 81.5 Å². The second kappa shape index (κ2) is 27.4. The number of aryl methyl sites for hydroxylation is 1. The normalized spacial score (nSPS) is 17.7. The number of benzene rings is 3. The number of hydrogen-bond donors (Lipinski definition) is 7. The summed E-state index contributed by atoms with van der Waals surface area (Å²) < 4.78 is 58.7. The van der Waals surface area contributed by atoms with Crippen molar-refractivity contribution in [3.05, 3.63) is 98.0 Å². The Balaban J connectivity index is 0.896. The van der Waals surface area contributed by atoms with Crippen LogP contribution in [0.3, 0.4) is 0 Å². The smallest absolute Gasteiger partial charge is 0.277 e. The van der Waals surface area contributed by atoms with Crippen LogP contribution in [0, 0.1) is 33.4 Å². The Bertz CT molecular complexity index is 2650. The number of unbranched alkanes of at least 4 members (excludes halogenated alkanes) is 8. The fourth-order valence-corrected chi connectivity index (χ4v) is 10.9. The van der Waals surface area contributed by atoms with Crippen LogP contribution in [0.2, 0.25) is 0 Å². The highest BCUT2D eigenvalue weighted by Gasteiger charge is 2.60. The maximum Gasteiger partial charge on any atom is 0.277 e. The van der Waals surface area contributed by atoms with Crippen LogP contribution in [0.4, 0.5) is 28.9 Å². The van der Waals surface area contributed by atoms with Gasteiger partial charge in [-0.25, -0.2) is 28.0 Å². The number of thiazole rings is 1. The minimum absolute atomic E-state index is 0.0433. The number of nitrogens with two attached hydrogens (primary N) is 1. The number of hydroxylamine groups is 1. The zero-order valence-electron chi connectivity index (χ0n) is 43.6. The maximum atomic E-state index is 15.0. The van der Waals surface area contributed by atoms with Gasteiger partial charge >= 0.3 is 0 Å². The Kier molecular flexibility index (Phi) is 21.6. The summed E-state index contributed by atoms with van der Waals surface area (Å²) in [6.45, 7) is 8.81. The fourth-order valence-electron chi connectivity index (χ4n) is 9.59. The summed E-state index contributed by atoms with van der Waals surface area (Å²) >= 11 is 3.40. The number of rotatable bonds is 29. The minimum atomic E-state index is -2.06. The summed E-state index contributed by atoms with van der Waals surface area (Å²) in [5.74, 6) is -7.87. The summed E-state index contributed by atoms with van der Waals surface area (Å²) in [6, 6.07) is 12.1. The number of anilines is 2. The third kappa shape index (κ3) is 15.7. The largest absolute Gasteiger partial charge is 0.391 e. The molecule has 4 atom stereocenters. The zero-order valence-corrected chi connectivity index (χ0v) is 46.6. The van der Waals surface area contributed by atoms with E-state index in [0.717, 1.165) is 92.6 Å². The van der Waals surface area contributed by atoms with Crippen molar-refractivity contribution in [3.63, 3.8) is 0 Å². The van der Waals surface area contributed by atoms with Gasteiger partial charge in [0.25, 0.3) is 11.8 Å². The van der Waals surface area contributed by atoms with Crippen molar-refractivity contribution in [2.75, 3.05) is 38.1 Å². The van der Waals surface area contributed by atoms with Gasteiger partial charge in [0, 0.05) is 35.4 Å². The van der Waals surface area contributed by atoms with Crippen LogP contribution in [0.5, 0.6) is 0 Å². The summed E-state index contributed by atoms with van der Waals surface area (Å²) in [5.41, 5.74) is 6.81. The van der Waals surface area contributed by atoms with Crippen molar-refractivity contribution in [1.29, 1.82) is 0 Å². The third-order valence-corrected chi connectivity index (χ3v) is 15.7. The Morgan fingerprint density at radius 3 is 2.14 bits per heavy atom. The molecule has 76 heavy (non-hydrogen) atoms. The topological polar surface area (TPSA) is 217 Å². The van der Waals surface area contributed by atoms with Crippen LogP contribution in [0.1, 0.15) is 138 Å². The average molecular weight is 1190 g/mol. The second-order valence-corrected chi connectivity index (χ2v) is 23.0. The number of aromatic nitrogens is 1. The Morgan fingerprint density at radius 1 is 0.895 bits per heavy atom. The SMILES string of the molecule is Cc1ncsc1-c1ccc([C@H](CC(=O)NCCCCCCCCCCCNCCCONC(=O)c2ccc(F)c(F)c2Nc2ccc(I)cc2F)C2(C(N)=O)CC(O)CN2C(=O)C(NC(=O)C2(F)CC2)C(C)(C)C)cc1. The standard InChI is InChI=1S/C55H71F4IN8O7S/c1-34-47(76-33-64-34)36-17-15-35(16-18-36)40(55(51(61)73)31-38(69)32-68(55)50(72)48(53(2,3)4)66-52(74)54(59)23-24-54)30-44(70)63-27-13-11-9-7-5-6-8-10-12-25-62-26-14-28-75-67-49(71)39-20-21-41(56)45(58)46(39)65-43-22-19-37(60)29-42(43)57/h15-22,29,33,38,40,48,62,65,69H,5-14,23-28,30-32H2,1-4H3,(H2,61,73)(H,63,70)(H,66,74)(H,67,71)/t38?,40-,48?,55?/m0/s1. The monoisotopic (exact) mass is 1190 g/mol. The number of likely N-dealkylation sites (tertiary alicyclic amines) is 1. The summed E-state index contributed by atoms with van der Waals surface area (Å²) in [7, 11) is 0. The van der Waals surface area contributed by atoms with Gasteiger partial charge in [-0.2, -0.15) is 0 Å². The molecule has 0 spiro atoms. The number of nitrogens with zero attached hydrogens (tertiary/aromatic N) is 2. The lowest BCUT2D eigenvalue weighted by Gasteiger charge is -2.44. The molecule has 5 amide bonds. The first kappa shape index (κ1) is 60.0. The predicted octanol–water partition coefficient (Wildman–Crippen LogP) is 9.18. The molecule has 0 radical (unpaired) electrons. The highest BCUT2D eigenvalue weighted by molar-refractivity contribution is 14.1. The molecule has 1 saturated heterocycles. The highest BCUT2D eigenvalue weighted by Crippen LogP contribution is 2.46. The van der Waals surface area contributed by atoms with E-state index in [2.05, 4.69) is 31.7 Å². The summed E-state index contributed by atoms with van der Waals surface area (Å²) in [4.78, 5) is 80.1. The number of carbonyl (C=O) groups excluding carboxylic acids is 5. The lowest BCUT2D eigenvalue weighted by Crippen LogP contribution is -2.65. The number of amides is 5. The number of halogens is 5. The Labute approximate surface area is 459 Å². The first-order valence-electron chi connectivity index (χ1n) is 26.1. The maximum absolute atomic E-state index is 15.0. The van der Waals surface area contributed by atoms with E-state index in [1.54, 1.807) is 44.5 Å². The number of primary amides is 1. The molecule has 3 aromatic carbocycles. The second-order valence-electron chi connectivity index (χ2n) is 20.9. The molecule has 2 aliphatic rings. The van der Waals surface area contributed by atoms with Crippen LogP contribution in [-0.2, 0) is 24.0 Å². The molecule has 1 saturated carbocycles. The number of carbonyl (C=O) groups is 5. The molecule has 2 heterocycles. The molecule has 4 aromatic rings.